The van der Waals surface area contributed by atoms with Crippen molar-refractivity contribution in [3.63, 3.8) is 0 Å². The number of hydrogen-bond donors (Lipinski definition) is 6. The molecule has 8 heterocycles. The Kier molecular flexibility index (Phi) is 8.17. The molecule has 15 heteroatoms. The first-order valence-electron chi connectivity index (χ1n) is 19.1. The van der Waals surface area contributed by atoms with Crippen molar-refractivity contribution in [2.24, 2.45) is 5.73 Å². The van der Waals surface area contributed by atoms with Gasteiger partial charge >= 0.3 is 11.9 Å². The highest BCUT2D eigenvalue weighted by atomic mass is 32.2. The standard InChI is InChI=1S/C41H45N5O9S/c1-16-10-22-17(2)29-39(49)46-25-13-52-40(50)41(38-23(11-20(12-42)45-41)21-8-6-7-9-24(21)43-38)14-56-37(31(46)30(44-29)26(22)32(48)33(16)51-5)28-27(25)36-35(53-15-54-36)18(3)34(28)55-19(4)47/h6-10,17,20,25,29-31,37,39,43-45,48-49H,11-15,42H2,1-5H3/t17?,20-,25-,29-,30+,31+,37+,39-,41+/m0/s1. The molecule has 3 aromatic carbocycles. The third-order valence-corrected chi connectivity index (χ3v) is 14.4. The number of fused-ring (bicyclic) bond motifs is 11. The number of aliphatic hydroxyl groups is 1. The van der Waals surface area contributed by atoms with Crippen LogP contribution in [0.4, 0.5) is 0 Å². The molecular formula is C41H45N5O9S. The summed E-state index contributed by atoms with van der Waals surface area (Å²) >= 11 is 1.50. The topological polar surface area (TPSA) is 190 Å². The van der Waals surface area contributed by atoms with E-state index in [1.807, 2.05) is 49.9 Å². The molecule has 11 rings (SSSR count). The van der Waals surface area contributed by atoms with Gasteiger partial charge in [-0.2, -0.15) is 0 Å². The van der Waals surface area contributed by atoms with Gasteiger partial charge in [-0.1, -0.05) is 31.2 Å². The van der Waals surface area contributed by atoms with E-state index in [4.69, 9.17) is 29.4 Å². The first-order valence-corrected chi connectivity index (χ1v) is 20.2. The van der Waals surface area contributed by atoms with E-state index in [9.17, 15) is 19.8 Å². The number of aromatic nitrogens is 1. The lowest BCUT2D eigenvalue weighted by Crippen LogP contribution is -2.70. The summed E-state index contributed by atoms with van der Waals surface area (Å²) in [5.41, 5.74) is 12.0. The molecule has 56 heavy (non-hydrogen) atoms. The quantitative estimate of drug-likeness (QED) is 0.130. The number of ether oxygens (including phenoxy) is 5. The minimum Gasteiger partial charge on any atom is -0.504 e. The summed E-state index contributed by atoms with van der Waals surface area (Å²) in [7, 11) is 1.54. The summed E-state index contributed by atoms with van der Waals surface area (Å²) in [6, 6.07) is 7.45. The monoisotopic (exact) mass is 783 g/mol. The highest BCUT2D eigenvalue weighted by Crippen LogP contribution is 2.64. The molecule has 7 aliphatic rings. The molecule has 294 valence electrons. The lowest BCUT2D eigenvalue weighted by Gasteiger charge is -2.60. The predicted octanol–water partition coefficient (Wildman–Crippen LogP) is 3.73. The normalized spacial score (nSPS) is 31.3. The molecular weight excluding hydrogens is 739 g/mol. The van der Waals surface area contributed by atoms with Crippen molar-refractivity contribution >= 4 is 34.6 Å². The fourth-order valence-corrected chi connectivity index (χ4v) is 12.3. The van der Waals surface area contributed by atoms with Gasteiger partial charge < -0.3 is 49.9 Å². The Morgan fingerprint density at radius 2 is 1.91 bits per heavy atom. The van der Waals surface area contributed by atoms with Crippen LogP contribution in [0.3, 0.4) is 0 Å². The smallest absolute Gasteiger partial charge is 0.333 e. The number of esters is 2. The molecule has 14 nitrogen and oxygen atoms in total. The van der Waals surface area contributed by atoms with Crippen molar-refractivity contribution < 1.29 is 43.5 Å². The summed E-state index contributed by atoms with van der Waals surface area (Å²) in [6.45, 7) is 7.20. The summed E-state index contributed by atoms with van der Waals surface area (Å²) in [6.07, 6.45) is -0.446. The Labute approximate surface area is 327 Å². The number of para-hydroxylation sites is 1. The maximum absolute atomic E-state index is 15.0. The van der Waals surface area contributed by atoms with Crippen molar-refractivity contribution in [3.8, 4) is 28.7 Å². The van der Waals surface area contributed by atoms with E-state index in [-0.39, 0.29) is 43.4 Å². The lowest BCUT2D eigenvalue weighted by atomic mass is 9.71. The lowest BCUT2D eigenvalue weighted by molar-refractivity contribution is -0.166. The first kappa shape index (κ1) is 35.9. The van der Waals surface area contributed by atoms with Crippen LogP contribution in [0.1, 0.15) is 81.7 Å². The summed E-state index contributed by atoms with van der Waals surface area (Å²) in [4.78, 5) is 33.5. The van der Waals surface area contributed by atoms with Gasteiger partial charge in [0, 0.05) is 70.4 Å². The van der Waals surface area contributed by atoms with Gasteiger partial charge in [-0.05, 0) is 43.0 Å². The molecule has 9 atom stereocenters. The van der Waals surface area contributed by atoms with E-state index in [1.165, 1.54) is 18.7 Å². The van der Waals surface area contributed by atoms with Crippen LogP contribution in [0.15, 0.2) is 30.3 Å². The minimum atomic E-state index is -1.35. The Balaban J connectivity index is 1.24. The molecule has 4 aromatic rings. The number of H-pyrrole nitrogens is 1. The third-order valence-electron chi connectivity index (χ3n) is 13.0. The minimum absolute atomic E-state index is 0.0345. The van der Waals surface area contributed by atoms with E-state index < -0.39 is 53.1 Å². The number of phenolic OH excluding ortho intramolecular Hbond substituents is 1. The number of nitrogens with zero attached hydrogens (tertiary/aromatic N) is 1. The van der Waals surface area contributed by atoms with Gasteiger partial charge in [0.2, 0.25) is 6.79 Å². The van der Waals surface area contributed by atoms with Crippen LogP contribution in [0.2, 0.25) is 0 Å². The van der Waals surface area contributed by atoms with Gasteiger partial charge in [0.05, 0.1) is 36.2 Å². The van der Waals surface area contributed by atoms with Crippen LogP contribution in [0.5, 0.6) is 28.7 Å². The molecule has 2 fully saturated rings. The molecule has 0 amide bonds. The van der Waals surface area contributed by atoms with Crippen molar-refractivity contribution in [2.75, 3.05) is 32.8 Å². The first-order chi connectivity index (χ1) is 27.0. The fraction of sp³-hybridized carbons (Fsp3) is 0.463. The van der Waals surface area contributed by atoms with Gasteiger partial charge in [-0.15, -0.1) is 11.8 Å². The van der Waals surface area contributed by atoms with Crippen LogP contribution in [-0.4, -0.2) is 89.2 Å². The number of aromatic amines is 1. The number of nitrogens with one attached hydrogen (secondary N) is 3. The van der Waals surface area contributed by atoms with E-state index in [2.05, 4.69) is 21.7 Å². The molecule has 4 bridgehead atoms. The van der Waals surface area contributed by atoms with Gasteiger partial charge in [-0.3, -0.25) is 15.0 Å². The number of methoxy groups -OCH3 is 1. The molecule has 7 N–H and O–H groups in total. The van der Waals surface area contributed by atoms with E-state index >= 15 is 0 Å². The number of aromatic hydroxyl groups is 1. The van der Waals surface area contributed by atoms with Gasteiger partial charge in [-0.25, -0.2) is 4.79 Å². The second-order valence-corrected chi connectivity index (χ2v) is 17.0. The van der Waals surface area contributed by atoms with E-state index in [0.717, 1.165) is 33.3 Å². The van der Waals surface area contributed by atoms with Crippen LogP contribution in [0, 0.1) is 13.8 Å². The van der Waals surface area contributed by atoms with Crippen LogP contribution in [-0.2, 0) is 26.3 Å². The number of phenols is 1. The largest absolute Gasteiger partial charge is 0.504 e. The molecule has 0 aliphatic carbocycles. The second-order valence-electron chi connectivity index (χ2n) is 15.9. The molecule has 0 saturated carbocycles. The highest BCUT2D eigenvalue weighted by Gasteiger charge is 2.61. The molecule has 0 radical (unpaired) electrons. The fourth-order valence-electron chi connectivity index (χ4n) is 10.6. The van der Waals surface area contributed by atoms with Crippen molar-refractivity contribution in [1.29, 1.82) is 0 Å². The van der Waals surface area contributed by atoms with Crippen molar-refractivity contribution in [1.82, 2.24) is 20.5 Å². The number of piperazine rings is 1. The zero-order valence-corrected chi connectivity index (χ0v) is 32.5. The van der Waals surface area contributed by atoms with Crippen LogP contribution in [0.25, 0.3) is 10.9 Å². The summed E-state index contributed by atoms with van der Waals surface area (Å²) in [5, 5.41) is 32.5. The predicted molar refractivity (Wildman–Crippen MR) is 206 cm³/mol. The number of hydrogen-bond acceptors (Lipinski definition) is 14. The molecule has 1 spiro atoms. The Morgan fingerprint density at radius 3 is 2.68 bits per heavy atom. The molecule has 1 unspecified atom stereocenters. The number of benzene rings is 3. The number of carbonyl (C=O) groups is 2. The summed E-state index contributed by atoms with van der Waals surface area (Å²) < 4.78 is 30.7. The number of rotatable bonds is 3. The zero-order valence-electron chi connectivity index (χ0n) is 31.7. The van der Waals surface area contributed by atoms with Gasteiger partial charge in [0.15, 0.2) is 28.5 Å². The molecule has 7 aliphatic heterocycles. The molecule has 1 aromatic heterocycles. The van der Waals surface area contributed by atoms with Crippen molar-refractivity contribution in [2.45, 2.75) is 87.3 Å². The maximum Gasteiger partial charge on any atom is 0.333 e. The van der Waals surface area contributed by atoms with E-state index in [1.54, 1.807) is 7.11 Å². The Hall–Kier alpha value is -4.51. The zero-order chi connectivity index (χ0) is 38.9. The Morgan fingerprint density at radius 1 is 1.12 bits per heavy atom. The third kappa shape index (κ3) is 4.75. The highest BCUT2D eigenvalue weighted by molar-refractivity contribution is 7.99. The second kappa shape index (κ2) is 12.7. The van der Waals surface area contributed by atoms with Crippen LogP contribution >= 0.6 is 11.8 Å². The van der Waals surface area contributed by atoms with Crippen LogP contribution < -0.4 is 35.3 Å². The van der Waals surface area contributed by atoms with E-state index in [0.29, 0.717) is 51.7 Å². The average molecular weight is 784 g/mol. The Bertz CT molecular complexity index is 2350. The van der Waals surface area contributed by atoms with Gasteiger partial charge in [0.25, 0.3) is 0 Å². The SMILES string of the molecule is COc1c(C)cc2c(c1O)[C@H]1N[C@@H](C2C)[C@H](O)N2[C@H]1[C@@H]1SC[C@]3(N[C@H](CN)Cc4c3[nH]c3ccccc43)C(=O)OC[C@H]2c2c3c(c(C)c(OC(C)=O)c21)OCO3. The summed E-state index contributed by atoms with van der Waals surface area (Å²) in [5.74, 6) is 0.639. The van der Waals surface area contributed by atoms with Gasteiger partial charge in [0.1, 0.15) is 18.6 Å². The van der Waals surface area contributed by atoms with Crippen molar-refractivity contribution in [3.05, 3.63) is 75.0 Å². The number of carbonyl (C=O) groups excluding carboxylic acids is 2. The number of thioether (sulfide) groups is 1. The number of aryl methyl sites for hydroxylation is 1. The number of aliphatic hydroxyl groups excluding tert-OH is 1. The number of nitrogens with two attached hydrogens (primary N) is 1. The molecule has 2 saturated heterocycles. The average Bonchev–Trinajstić information content (AvgIpc) is 3.83. The maximum atomic E-state index is 15.0.